The van der Waals surface area contributed by atoms with Gasteiger partial charge < -0.3 is 4.74 Å². The molecule has 21 heavy (non-hydrogen) atoms. The Kier molecular flexibility index (Phi) is 3.49. The number of carbonyl (C=O) groups is 1. The van der Waals surface area contributed by atoms with Gasteiger partial charge in [0.25, 0.3) is 0 Å². The van der Waals surface area contributed by atoms with Crippen molar-refractivity contribution in [1.29, 1.82) is 0 Å². The van der Waals surface area contributed by atoms with Gasteiger partial charge in [0.05, 0.1) is 7.11 Å². The van der Waals surface area contributed by atoms with Gasteiger partial charge in [-0.1, -0.05) is 17.7 Å². The summed E-state index contributed by atoms with van der Waals surface area (Å²) < 4.78 is 4.80. The van der Waals surface area contributed by atoms with Crippen molar-refractivity contribution < 1.29 is 9.53 Å². The molecular weight excluding hydrogens is 282 g/mol. The standard InChI is InChI=1S/C17H19NO2S/c1-10-7-11(2)13-6-5-12-9-15(18(3)17(19)20-4)21-16(12)14(13)8-10/h7-9H,5-6H2,1-4H3. The van der Waals surface area contributed by atoms with Crippen molar-refractivity contribution in [2.75, 3.05) is 19.1 Å². The van der Waals surface area contributed by atoms with Gasteiger partial charge in [-0.25, -0.2) is 4.79 Å². The predicted octanol–water partition coefficient (Wildman–Crippen LogP) is 4.33. The summed E-state index contributed by atoms with van der Waals surface area (Å²) in [6.45, 7) is 4.32. The van der Waals surface area contributed by atoms with E-state index in [1.165, 1.54) is 39.8 Å². The predicted molar refractivity (Wildman–Crippen MR) is 87.4 cm³/mol. The Morgan fingerprint density at radius 2 is 2.00 bits per heavy atom. The highest BCUT2D eigenvalue weighted by molar-refractivity contribution is 7.19. The molecule has 0 radical (unpaired) electrons. The van der Waals surface area contributed by atoms with Crippen LogP contribution in [0.2, 0.25) is 0 Å². The molecule has 0 aliphatic heterocycles. The Balaban J connectivity index is 2.09. The van der Waals surface area contributed by atoms with E-state index in [9.17, 15) is 4.79 Å². The van der Waals surface area contributed by atoms with Gasteiger partial charge in [0, 0.05) is 11.9 Å². The molecule has 0 atom stereocenters. The number of ether oxygens (including phenoxy) is 1. The molecule has 1 amide bonds. The number of benzene rings is 1. The molecule has 0 spiro atoms. The van der Waals surface area contributed by atoms with Crippen LogP contribution in [0.25, 0.3) is 10.4 Å². The molecule has 4 heteroatoms. The SMILES string of the molecule is COC(=O)N(C)c1cc2c(s1)-c1cc(C)cc(C)c1CC2. The maximum atomic E-state index is 11.7. The zero-order valence-corrected chi connectivity index (χ0v) is 13.6. The molecule has 1 aromatic carbocycles. The van der Waals surface area contributed by atoms with Crippen LogP contribution in [0, 0.1) is 13.8 Å². The van der Waals surface area contributed by atoms with E-state index in [1.54, 1.807) is 23.3 Å². The van der Waals surface area contributed by atoms with Gasteiger partial charge in [-0.05, 0) is 55.0 Å². The van der Waals surface area contributed by atoms with Gasteiger partial charge in [0.2, 0.25) is 0 Å². The van der Waals surface area contributed by atoms with Crippen molar-refractivity contribution in [2.24, 2.45) is 0 Å². The van der Waals surface area contributed by atoms with Crippen molar-refractivity contribution in [3.05, 3.63) is 40.5 Å². The summed E-state index contributed by atoms with van der Waals surface area (Å²) in [6, 6.07) is 6.63. The van der Waals surface area contributed by atoms with E-state index < -0.39 is 0 Å². The first-order chi connectivity index (χ1) is 10.0. The average Bonchev–Trinajstić information content (AvgIpc) is 2.89. The summed E-state index contributed by atoms with van der Waals surface area (Å²) in [5.41, 5.74) is 6.77. The minimum Gasteiger partial charge on any atom is -0.452 e. The Morgan fingerprint density at radius 1 is 1.24 bits per heavy atom. The van der Waals surface area contributed by atoms with Crippen LogP contribution in [-0.4, -0.2) is 20.3 Å². The van der Waals surface area contributed by atoms with E-state index in [1.807, 2.05) is 0 Å². The highest BCUT2D eigenvalue weighted by Gasteiger charge is 2.23. The topological polar surface area (TPSA) is 29.5 Å². The maximum absolute atomic E-state index is 11.7. The summed E-state index contributed by atoms with van der Waals surface area (Å²) >= 11 is 1.67. The third-order valence-corrected chi connectivity index (χ3v) is 5.37. The summed E-state index contributed by atoms with van der Waals surface area (Å²) in [4.78, 5) is 14.6. The molecule has 1 aliphatic carbocycles. The zero-order valence-electron chi connectivity index (χ0n) is 12.8. The van der Waals surface area contributed by atoms with Crippen LogP contribution >= 0.6 is 11.3 Å². The minimum absolute atomic E-state index is 0.325. The molecule has 0 fully saturated rings. The molecule has 3 nitrogen and oxygen atoms in total. The van der Waals surface area contributed by atoms with Crippen LogP contribution in [0.5, 0.6) is 0 Å². The van der Waals surface area contributed by atoms with Gasteiger partial charge in [-0.2, -0.15) is 0 Å². The van der Waals surface area contributed by atoms with Gasteiger partial charge >= 0.3 is 6.09 Å². The van der Waals surface area contributed by atoms with Crippen LogP contribution in [0.4, 0.5) is 9.80 Å². The fourth-order valence-corrected chi connectivity index (χ4v) is 4.22. The van der Waals surface area contributed by atoms with E-state index in [0.717, 1.165) is 17.8 Å². The van der Waals surface area contributed by atoms with Crippen LogP contribution in [0.15, 0.2) is 18.2 Å². The second kappa shape index (κ2) is 5.19. The molecule has 1 aliphatic rings. The van der Waals surface area contributed by atoms with Crippen LogP contribution in [-0.2, 0) is 17.6 Å². The molecule has 0 N–H and O–H groups in total. The molecule has 0 saturated heterocycles. The van der Waals surface area contributed by atoms with Crippen molar-refractivity contribution in [3.63, 3.8) is 0 Å². The third kappa shape index (κ3) is 2.33. The second-order valence-corrected chi connectivity index (χ2v) is 6.61. The van der Waals surface area contributed by atoms with E-state index in [2.05, 4.69) is 32.0 Å². The molecule has 0 bridgehead atoms. The highest BCUT2D eigenvalue weighted by Crippen LogP contribution is 2.44. The van der Waals surface area contributed by atoms with Gasteiger partial charge in [-0.15, -0.1) is 11.3 Å². The lowest BCUT2D eigenvalue weighted by Crippen LogP contribution is -2.24. The van der Waals surface area contributed by atoms with E-state index in [0.29, 0.717) is 0 Å². The molecule has 2 aromatic rings. The number of aryl methyl sites for hydroxylation is 3. The normalized spacial score (nSPS) is 12.6. The lowest BCUT2D eigenvalue weighted by Gasteiger charge is -2.19. The van der Waals surface area contributed by atoms with E-state index >= 15 is 0 Å². The fourth-order valence-electron chi connectivity index (χ4n) is 3.01. The quantitative estimate of drug-likeness (QED) is 0.784. The Labute approximate surface area is 129 Å². The zero-order chi connectivity index (χ0) is 15.1. The first kappa shape index (κ1) is 14.1. The highest BCUT2D eigenvalue weighted by atomic mass is 32.1. The van der Waals surface area contributed by atoms with Crippen molar-refractivity contribution in [3.8, 4) is 10.4 Å². The van der Waals surface area contributed by atoms with Crippen molar-refractivity contribution in [2.45, 2.75) is 26.7 Å². The lowest BCUT2D eigenvalue weighted by molar-refractivity contribution is 0.180. The number of anilines is 1. The number of methoxy groups -OCH3 is 1. The first-order valence-electron chi connectivity index (χ1n) is 7.06. The Hall–Kier alpha value is -1.81. The molecule has 0 unspecified atom stereocenters. The average molecular weight is 301 g/mol. The molecule has 110 valence electrons. The summed E-state index contributed by atoms with van der Waals surface area (Å²) in [5, 5.41) is 0.943. The monoisotopic (exact) mass is 301 g/mol. The molecule has 1 heterocycles. The van der Waals surface area contributed by atoms with E-state index in [-0.39, 0.29) is 6.09 Å². The number of hydrogen-bond donors (Lipinski definition) is 0. The summed E-state index contributed by atoms with van der Waals surface area (Å²) in [5.74, 6) is 0. The smallest absolute Gasteiger partial charge is 0.414 e. The van der Waals surface area contributed by atoms with Gasteiger partial charge in [0.15, 0.2) is 0 Å². The van der Waals surface area contributed by atoms with Crippen LogP contribution in [0.3, 0.4) is 0 Å². The Morgan fingerprint density at radius 3 is 2.71 bits per heavy atom. The van der Waals surface area contributed by atoms with Crippen LogP contribution < -0.4 is 4.90 Å². The summed E-state index contributed by atoms with van der Waals surface area (Å²) in [7, 11) is 3.17. The first-order valence-corrected chi connectivity index (χ1v) is 7.87. The molecular formula is C17H19NO2S. The van der Waals surface area contributed by atoms with Crippen LogP contribution in [0.1, 0.15) is 22.3 Å². The fraction of sp³-hybridized carbons (Fsp3) is 0.353. The molecule has 1 aromatic heterocycles. The Bertz CT molecular complexity index is 718. The number of carbonyl (C=O) groups excluding carboxylic acids is 1. The molecule has 0 saturated carbocycles. The second-order valence-electron chi connectivity index (χ2n) is 5.58. The number of fused-ring (bicyclic) bond motifs is 3. The number of rotatable bonds is 1. The van der Waals surface area contributed by atoms with Gasteiger partial charge in [-0.3, -0.25) is 4.90 Å². The number of hydrogen-bond acceptors (Lipinski definition) is 3. The van der Waals surface area contributed by atoms with Crippen molar-refractivity contribution in [1.82, 2.24) is 0 Å². The number of amides is 1. The lowest BCUT2D eigenvalue weighted by atomic mass is 9.87. The number of thiophene rings is 1. The molecule has 3 rings (SSSR count). The minimum atomic E-state index is -0.325. The van der Waals surface area contributed by atoms with Gasteiger partial charge in [0.1, 0.15) is 5.00 Å². The maximum Gasteiger partial charge on any atom is 0.414 e. The van der Waals surface area contributed by atoms with E-state index in [4.69, 9.17) is 4.74 Å². The largest absolute Gasteiger partial charge is 0.452 e. The number of nitrogens with zero attached hydrogens (tertiary/aromatic N) is 1. The third-order valence-electron chi connectivity index (χ3n) is 4.08. The summed E-state index contributed by atoms with van der Waals surface area (Å²) in [6.07, 6.45) is 1.79. The van der Waals surface area contributed by atoms with Crippen molar-refractivity contribution >= 4 is 22.4 Å².